The van der Waals surface area contributed by atoms with Crippen molar-refractivity contribution in [3.05, 3.63) is 48.0 Å². The van der Waals surface area contributed by atoms with Gasteiger partial charge in [-0.1, -0.05) is 53.7 Å². The molecule has 0 saturated heterocycles. The van der Waals surface area contributed by atoms with E-state index in [1.165, 1.54) is 66.2 Å². The average molecular weight is 1290 g/mol. The molecule has 0 bridgehead atoms. The van der Waals surface area contributed by atoms with Crippen molar-refractivity contribution < 1.29 is 118 Å². The van der Waals surface area contributed by atoms with E-state index in [1.807, 2.05) is 0 Å². The fourth-order valence-corrected chi connectivity index (χ4v) is 8.51. The first kappa shape index (κ1) is 77.0. The van der Waals surface area contributed by atoms with E-state index < -0.39 is 215 Å². The van der Waals surface area contributed by atoms with Crippen LogP contribution in [0.1, 0.15) is 79.5 Å². The van der Waals surface area contributed by atoms with Gasteiger partial charge in [-0.2, -0.15) is 14.7 Å². The molecule has 1 heterocycles. The minimum atomic E-state index is -4.82. The van der Waals surface area contributed by atoms with Crippen molar-refractivity contribution in [2.45, 2.75) is 160 Å². The zero-order valence-corrected chi connectivity index (χ0v) is 50.9. The van der Waals surface area contributed by atoms with E-state index in [0.29, 0.717) is 5.69 Å². The third-order valence-corrected chi connectivity index (χ3v) is 13.6. The second kappa shape index (κ2) is 36.4. The number of hydrogen-bond acceptors (Lipinski definition) is 22. The zero-order valence-electron chi connectivity index (χ0n) is 50.0. The Labute approximate surface area is 510 Å². The number of carbonyl (C=O) groups excluding carboxylic acids is 10. The third kappa shape index (κ3) is 25.9. The number of nitrogens with zero attached hydrogens (tertiary/aromatic N) is 1. The van der Waals surface area contributed by atoms with Crippen molar-refractivity contribution in [2.75, 3.05) is 19.8 Å². The van der Waals surface area contributed by atoms with Crippen molar-refractivity contribution in [1.29, 1.82) is 0 Å². The van der Waals surface area contributed by atoms with Crippen LogP contribution in [0, 0.1) is 17.8 Å². The van der Waals surface area contributed by atoms with Crippen LogP contribution >= 0.6 is 8.17 Å². The van der Waals surface area contributed by atoms with Crippen molar-refractivity contribution in [3.8, 4) is 5.75 Å². The number of aliphatic hydroxyl groups excluding tert-OH is 5. The number of benzene rings is 1. The second-order valence-electron chi connectivity index (χ2n) is 21.7. The molecule has 0 radical (unpaired) electrons. The molecular weight excluding hydrogens is 1210 g/mol. The summed E-state index contributed by atoms with van der Waals surface area (Å²) >= 11 is 0. The summed E-state index contributed by atoms with van der Waals surface area (Å²) in [7, 11) is -4.82. The maximum atomic E-state index is 14.3. The lowest BCUT2D eigenvalue weighted by molar-refractivity contribution is -0.409. The molecule has 13 atom stereocenters. The Morgan fingerprint density at radius 1 is 0.494 bits per heavy atom. The van der Waals surface area contributed by atoms with Crippen molar-refractivity contribution in [2.24, 2.45) is 17.8 Å². The molecule has 0 aliphatic carbocycles. The number of aliphatic hydroxyl groups is 5. The number of aromatic amines is 1. The molecule has 0 saturated carbocycles. The quantitative estimate of drug-likeness (QED) is 0.0278. The van der Waals surface area contributed by atoms with E-state index in [0.717, 1.165) is 26.0 Å². The van der Waals surface area contributed by atoms with Crippen LogP contribution in [-0.2, 0) is 70.4 Å². The van der Waals surface area contributed by atoms with E-state index >= 15 is 0 Å². The van der Waals surface area contributed by atoms with E-state index in [1.54, 1.807) is 0 Å². The second-order valence-corrected chi connectivity index (χ2v) is 22.9. The van der Waals surface area contributed by atoms with Crippen molar-refractivity contribution >= 4 is 79.2 Å². The van der Waals surface area contributed by atoms with Gasteiger partial charge in [-0.05, 0) is 55.7 Å². The highest BCUT2D eigenvalue weighted by atomic mass is 31.2. The Bertz CT molecular complexity index is 2730. The van der Waals surface area contributed by atoms with Crippen LogP contribution in [-0.4, -0.2) is 230 Å². The molecule has 0 unspecified atom stereocenters. The largest absolute Gasteiger partial charge is 0.613 e. The van der Waals surface area contributed by atoms with E-state index in [2.05, 4.69) is 73.4 Å². The number of aromatic nitrogens is 2. The van der Waals surface area contributed by atoms with Crippen LogP contribution in [0.4, 0.5) is 0 Å². The van der Waals surface area contributed by atoms with Crippen LogP contribution in [0.25, 0.3) is 0 Å². The minimum Gasteiger partial charge on any atom is -0.481 e. The van der Waals surface area contributed by atoms with Gasteiger partial charge in [-0.25, -0.2) is 9.78 Å². The lowest BCUT2D eigenvalue weighted by Gasteiger charge is -2.30. The maximum absolute atomic E-state index is 14.3. The lowest BCUT2D eigenvalue weighted by Crippen LogP contribution is -2.71. The highest BCUT2D eigenvalue weighted by Gasteiger charge is 2.40. The average Bonchev–Trinajstić information content (AvgIpc) is 4.09. The van der Waals surface area contributed by atoms with Crippen LogP contribution in [0.3, 0.4) is 0 Å². The topological polar surface area (TPSA) is 593 Å². The van der Waals surface area contributed by atoms with E-state index in [9.17, 15) is 108 Å². The third-order valence-electron chi connectivity index (χ3n) is 13.2. The number of amides is 10. The fourth-order valence-electron chi connectivity index (χ4n) is 8.11. The predicted octanol–water partition coefficient (Wildman–Crippen LogP) is -8.66. The molecule has 37 heteroatoms. The van der Waals surface area contributed by atoms with Gasteiger partial charge in [-0.3, -0.25) is 57.3 Å². The summed E-state index contributed by atoms with van der Waals surface area (Å²) in [6.45, 7) is 8.20. The SMILES string of the molecule is CC(C)[C@H](NC(=O)[C@@H](NC(=O)[C@@H](NC(=O)[C@H](CO)NC(=O)[C@H](Cc1ccc(O[P+](O)(O)O)cc1)NC(=O)[C@H](CCC(=O)O)NC(=O)[C@@H](NC(=O)[C@@H](NC(=O)[C@@H]([NH3+])CO)[C@@H](C)O)C(C)C)[C@@H](C)O)C(C)C)C(=O)N[C@@H](Cc1cnc[nH]1)C(=O)N[C@@H](CO)C(=O)O. The van der Waals surface area contributed by atoms with Crippen molar-refractivity contribution in [1.82, 2.24) is 63.1 Å². The van der Waals surface area contributed by atoms with Crippen LogP contribution in [0.2, 0.25) is 0 Å². The maximum Gasteiger partial charge on any atom is 0.613 e. The normalized spacial score (nSPS) is 15.9. The van der Waals surface area contributed by atoms with Gasteiger partial charge >= 0.3 is 20.1 Å². The Hall–Kier alpha value is -8.06. The minimum absolute atomic E-state index is 0.139. The van der Waals surface area contributed by atoms with Crippen LogP contribution < -0.4 is 63.4 Å². The van der Waals surface area contributed by atoms with Gasteiger partial charge in [0.25, 0.3) is 5.91 Å². The van der Waals surface area contributed by atoms with Gasteiger partial charge in [0.2, 0.25) is 53.2 Å². The molecule has 498 valence electrons. The number of rotatable bonds is 38. The monoisotopic (exact) mass is 1290 g/mol. The number of hydrogen-bond donors (Lipinski definition) is 22. The van der Waals surface area contributed by atoms with E-state index in [-0.39, 0.29) is 17.7 Å². The zero-order chi connectivity index (χ0) is 67.8. The number of carboxylic acids is 2. The van der Waals surface area contributed by atoms with Gasteiger partial charge in [-0.15, -0.1) is 0 Å². The molecule has 0 aliphatic heterocycles. The Balaban J connectivity index is 2.48. The summed E-state index contributed by atoms with van der Waals surface area (Å²) in [5.74, 6) is -16.7. The lowest BCUT2D eigenvalue weighted by atomic mass is 9.98. The Morgan fingerprint density at radius 2 is 0.865 bits per heavy atom. The van der Waals surface area contributed by atoms with Gasteiger partial charge in [0, 0.05) is 31.2 Å². The number of imidazole rings is 1. The summed E-state index contributed by atoms with van der Waals surface area (Å²) in [5, 5.41) is 92.6. The van der Waals surface area contributed by atoms with Crippen molar-refractivity contribution in [3.63, 3.8) is 0 Å². The van der Waals surface area contributed by atoms with Gasteiger partial charge in [0.05, 0.1) is 31.7 Å². The number of carbonyl (C=O) groups is 12. The predicted molar refractivity (Wildman–Crippen MR) is 306 cm³/mol. The first-order valence-corrected chi connectivity index (χ1v) is 29.3. The summed E-state index contributed by atoms with van der Waals surface area (Å²) in [5.41, 5.74) is 3.90. The molecule has 2 aromatic rings. The highest BCUT2D eigenvalue weighted by Crippen LogP contribution is 2.46. The molecule has 0 aliphatic rings. The van der Waals surface area contributed by atoms with Crippen LogP contribution in [0.5, 0.6) is 5.75 Å². The van der Waals surface area contributed by atoms with Gasteiger partial charge in [0.15, 0.2) is 11.8 Å². The fraction of sp³-hybridized carbons (Fsp3) is 0.596. The number of nitrogens with one attached hydrogen (secondary N) is 11. The number of quaternary nitrogens is 1. The van der Waals surface area contributed by atoms with Gasteiger partial charge < -0.3 is 99.6 Å². The summed E-state index contributed by atoms with van der Waals surface area (Å²) in [4.78, 5) is 195. The molecule has 89 heavy (non-hydrogen) atoms. The Morgan fingerprint density at radius 3 is 1.26 bits per heavy atom. The molecule has 0 fully saturated rings. The number of carboxylic acid groups (broad SMARTS) is 2. The highest BCUT2D eigenvalue weighted by molar-refractivity contribution is 7.53. The Kier molecular flexibility index (Phi) is 31.5. The molecule has 2 rings (SSSR count). The molecule has 1 aromatic carbocycles. The molecule has 1 aromatic heterocycles. The van der Waals surface area contributed by atoms with E-state index in [4.69, 9.17) is 0 Å². The standard InChI is InChI=1S/C52H82N13O23P/c1-22(2)37(62-50(81)40(25(7)69)64-42(73)30(53)18-66)47(78)56-31(13-14-36(71)72)43(74)57-32(15-27-9-11-29(12-10-27)88-89(85,86)87)44(75)59-34(19-67)46(77)65-41(26(8)70)51(82)63-39(24(5)6)49(80)61-38(23(3)4)48(79)58-33(16-28-17-54-21-55-28)45(76)60-35(20-68)52(83)84/h9-12,17,21-26,30-35,37-41,66-70,85-87H,13-16,18-20,53H2,1-8H3,(H12-,54,55,56,57,58,59,60,61,62,63,64,65,71,72,73,74,75,76,77,78,79,80,81,82,83,84)/p+2/t25-,26-,30+,31+,32+,33+,34+,35+,37+,38+,39+,40+,41+/m1/s1. The van der Waals surface area contributed by atoms with Crippen LogP contribution in [0.15, 0.2) is 36.8 Å². The first-order valence-electron chi connectivity index (χ1n) is 27.8. The summed E-state index contributed by atoms with van der Waals surface area (Å²) in [6, 6.07) is -13.7. The summed E-state index contributed by atoms with van der Waals surface area (Å²) < 4.78 is 4.67. The molecule has 0 spiro atoms. The first-order chi connectivity index (χ1) is 41.4. The smallest absolute Gasteiger partial charge is 0.481 e. The number of H-pyrrole nitrogens is 1. The molecule has 10 amide bonds. The van der Waals surface area contributed by atoms with Gasteiger partial charge in [0.1, 0.15) is 67.0 Å². The number of aliphatic carboxylic acids is 2. The molecule has 36 nitrogen and oxygen atoms in total. The summed E-state index contributed by atoms with van der Waals surface area (Å²) in [6.07, 6.45) is -2.98. The molecular formula is C52H84N13O23P+2. The molecule has 24 N–H and O–H groups in total.